The van der Waals surface area contributed by atoms with Crippen LogP contribution in [0.3, 0.4) is 0 Å². The molecule has 1 aliphatic rings. The average Bonchev–Trinajstić information content (AvgIpc) is 3.37. The zero-order chi connectivity index (χ0) is 21.1. The van der Waals surface area contributed by atoms with Crippen LogP contribution in [0.15, 0.2) is 76.6 Å². The summed E-state index contributed by atoms with van der Waals surface area (Å²) in [6.07, 6.45) is 0. The van der Waals surface area contributed by atoms with E-state index in [-0.39, 0.29) is 23.7 Å². The molecule has 5 aromatic rings. The third-order valence-corrected chi connectivity index (χ3v) is 6.39. The van der Waals surface area contributed by atoms with Crippen molar-refractivity contribution in [1.82, 2.24) is 14.5 Å². The highest BCUT2D eigenvalue weighted by atomic mass is 32.1. The first-order valence-corrected chi connectivity index (χ1v) is 10.5. The third kappa shape index (κ3) is 2.78. The molecule has 3 aromatic carbocycles. The molecule has 3 heterocycles. The molecule has 0 bridgehead atoms. The Balaban J connectivity index is 1.52. The summed E-state index contributed by atoms with van der Waals surface area (Å²) in [5.74, 6) is 0.213. The van der Waals surface area contributed by atoms with Crippen molar-refractivity contribution in [3.63, 3.8) is 0 Å². The van der Waals surface area contributed by atoms with Gasteiger partial charge in [0.05, 0.1) is 28.7 Å². The zero-order valence-corrected chi connectivity index (χ0v) is 16.9. The SMILES string of the molecule is O=c1nc2n(c3cc4ccccc4cc13)CC(O)=C2c1nc(-c2ccc(F)cc2)cs1. The van der Waals surface area contributed by atoms with E-state index in [1.165, 1.54) is 23.5 Å². The number of halogens is 1. The minimum Gasteiger partial charge on any atom is -0.510 e. The first kappa shape index (κ1) is 18.0. The maximum atomic E-state index is 13.2. The molecule has 5 nitrogen and oxygen atoms in total. The summed E-state index contributed by atoms with van der Waals surface area (Å²) in [6, 6.07) is 17.7. The molecule has 6 rings (SSSR count). The lowest BCUT2D eigenvalue weighted by Gasteiger charge is -2.10. The fourth-order valence-corrected chi connectivity index (χ4v) is 4.91. The van der Waals surface area contributed by atoms with Gasteiger partial charge in [0.1, 0.15) is 16.6 Å². The van der Waals surface area contributed by atoms with E-state index in [9.17, 15) is 14.3 Å². The number of fused-ring (bicyclic) bond motifs is 4. The van der Waals surface area contributed by atoms with E-state index >= 15 is 0 Å². The molecular formula is C24H14FN3O2S. The molecule has 2 aromatic heterocycles. The van der Waals surface area contributed by atoms with Gasteiger partial charge < -0.3 is 9.67 Å². The lowest BCUT2D eigenvalue weighted by atomic mass is 10.1. The van der Waals surface area contributed by atoms with E-state index in [0.717, 1.165) is 21.9 Å². The number of aliphatic hydroxyl groups excluding tert-OH is 1. The monoisotopic (exact) mass is 427 g/mol. The van der Waals surface area contributed by atoms with Crippen LogP contribution >= 0.6 is 11.3 Å². The number of benzene rings is 3. The highest BCUT2D eigenvalue weighted by Crippen LogP contribution is 2.36. The van der Waals surface area contributed by atoms with Crippen LogP contribution in [0, 0.1) is 5.82 Å². The van der Waals surface area contributed by atoms with Gasteiger partial charge >= 0.3 is 0 Å². The normalized spacial score (nSPS) is 13.3. The number of hydrogen-bond donors (Lipinski definition) is 1. The van der Waals surface area contributed by atoms with Crippen molar-refractivity contribution in [2.45, 2.75) is 6.54 Å². The second kappa shape index (κ2) is 6.58. The number of nitrogens with zero attached hydrogens (tertiary/aromatic N) is 3. The summed E-state index contributed by atoms with van der Waals surface area (Å²) < 4.78 is 15.1. The second-order valence-corrected chi connectivity index (χ2v) is 8.27. The Morgan fingerprint density at radius 2 is 1.74 bits per heavy atom. The summed E-state index contributed by atoms with van der Waals surface area (Å²) in [6.45, 7) is 0.220. The maximum Gasteiger partial charge on any atom is 0.281 e. The highest BCUT2D eigenvalue weighted by molar-refractivity contribution is 7.11. The van der Waals surface area contributed by atoms with Gasteiger partial charge in [0, 0.05) is 10.9 Å². The van der Waals surface area contributed by atoms with E-state index in [2.05, 4.69) is 9.97 Å². The van der Waals surface area contributed by atoms with Crippen LogP contribution in [0.4, 0.5) is 4.39 Å². The lowest BCUT2D eigenvalue weighted by molar-refractivity contribution is 0.389. The maximum absolute atomic E-state index is 13.2. The number of hydrogen-bond acceptors (Lipinski definition) is 5. The van der Waals surface area contributed by atoms with Gasteiger partial charge in [0.25, 0.3) is 5.56 Å². The van der Waals surface area contributed by atoms with Crippen molar-refractivity contribution in [2.75, 3.05) is 0 Å². The molecule has 1 N–H and O–H groups in total. The highest BCUT2D eigenvalue weighted by Gasteiger charge is 2.28. The molecule has 7 heteroatoms. The van der Waals surface area contributed by atoms with Crippen molar-refractivity contribution >= 4 is 38.6 Å². The van der Waals surface area contributed by atoms with Crippen molar-refractivity contribution in [3.8, 4) is 11.3 Å². The molecule has 150 valence electrons. The Labute approximate surface area is 179 Å². The molecule has 0 spiro atoms. The van der Waals surface area contributed by atoms with Crippen LogP contribution < -0.4 is 5.56 Å². The van der Waals surface area contributed by atoms with Crippen LogP contribution in [0.1, 0.15) is 10.8 Å². The molecule has 0 saturated heterocycles. The van der Waals surface area contributed by atoms with Gasteiger partial charge in [-0.05, 0) is 47.2 Å². The molecule has 1 aliphatic heterocycles. The summed E-state index contributed by atoms with van der Waals surface area (Å²) in [5, 5.41) is 15.7. The Hall–Kier alpha value is -3.84. The topological polar surface area (TPSA) is 68.0 Å². The summed E-state index contributed by atoms with van der Waals surface area (Å²) in [5.41, 5.74) is 2.30. The molecule has 0 fully saturated rings. The average molecular weight is 427 g/mol. The van der Waals surface area contributed by atoms with E-state index in [0.29, 0.717) is 27.5 Å². The first-order chi connectivity index (χ1) is 15.1. The Morgan fingerprint density at radius 3 is 2.52 bits per heavy atom. The van der Waals surface area contributed by atoms with E-state index in [4.69, 9.17) is 0 Å². The van der Waals surface area contributed by atoms with Gasteiger partial charge in [-0.2, -0.15) is 4.98 Å². The quantitative estimate of drug-likeness (QED) is 0.396. The van der Waals surface area contributed by atoms with Crippen LogP contribution in [0.25, 0.3) is 38.5 Å². The van der Waals surface area contributed by atoms with Gasteiger partial charge in [0.15, 0.2) is 5.82 Å². The van der Waals surface area contributed by atoms with Gasteiger partial charge in [-0.25, -0.2) is 9.37 Å². The molecule has 31 heavy (non-hydrogen) atoms. The second-order valence-electron chi connectivity index (χ2n) is 7.41. The Morgan fingerprint density at radius 1 is 1.00 bits per heavy atom. The van der Waals surface area contributed by atoms with Crippen LogP contribution in [0.5, 0.6) is 0 Å². The summed E-state index contributed by atoms with van der Waals surface area (Å²) in [7, 11) is 0. The fraction of sp³-hybridized carbons (Fsp3) is 0.0417. The standard InChI is InChI=1S/C24H14FN3O2S/c25-16-7-5-13(6-8-16)18-12-31-24(26-18)21-20(29)11-28-19-10-15-4-2-1-3-14(15)9-17(19)23(30)27-22(21)28/h1-10,12,29H,11H2. The number of aromatic nitrogens is 3. The van der Waals surface area contributed by atoms with E-state index < -0.39 is 0 Å². The van der Waals surface area contributed by atoms with Crippen LogP contribution in [-0.4, -0.2) is 19.6 Å². The van der Waals surface area contributed by atoms with Crippen LogP contribution in [-0.2, 0) is 6.54 Å². The smallest absolute Gasteiger partial charge is 0.281 e. The largest absolute Gasteiger partial charge is 0.510 e. The zero-order valence-electron chi connectivity index (χ0n) is 16.0. The third-order valence-electron chi connectivity index (χ3n) is 5.53. The molecule has 0 unspecified atom stereocenters. The minimum absolute atomic E-state index is 0.118. The molecule has 0 amide bonds. The molecule has 0 atom stereocenters. The molecule has 0 saturated carbocycles. The van der Waals surface area contributed by atoms with Crippen LogP contribution in [0.2, 0.25) is 0 Å². The molecule has 0 aliphatic carbocycles. The van der Waals surface area contributed by atoms with Crippen molar-refractivity contribution in [3.05, 3.63) is 98.8 Å². The minimum atomic E-state index is -0.338. The fourth-order valence-electron chi connectivity index (χ4n) is 4.02. The van der Waals surface area contributed by atoms with Gasteiger partial charge in [-0.15, -0.1) is 11.3 Å². The number of allylic oxidation sites excluding steroid dienone is 1. The van der Waals surface area contributed by atoms with E-state index in [1.54, 1.807) is 12.1 Å². The summed E-state index contributed by atoms with van der Waals surface area (Å²) in [4.78, 5) is 21.8. The first-order valence-electron chi connectivity index (χ1n) is 9.66. The molecule has 0 radical (unpaired) electrons. The van der Waals surface area contributed by atoms with Gasteiger partial charge in [0.2, 0.25) is 0 Å². The number of thiazole rings is 1. The van der Waals surface area contributed by atoms with Crippen molar-refractivity contribution in [1.29, 1.82) is 0 Å². The predicted octanol–water partition coefficient (Wildman–Crippen LogP) is 5.14. The summed E-state index contributed by atoms with van der Waals surface area (Å²) >= 11 is 1.35. The Bertz CT molecular complexity index is 1600. The van der Waals surface area contributed by atoms with Gasteiger partial charge in [-0.1, -0.05) is 24.3 Å². The van der Waals surface area contributed by atoms with Crippen molar-refractivity contribution < 1.29 is 9.50 Å². The Kier molecular flexibility index (Phi) is 3.82. The number of aliphatic hydroxyl groups is 1. The number of rotatable bonds is 2. The predicted molar refractivity (Wildman–Crippen MR) is 120 cm³/mol. The van der Waals surface area contributed by atoms with Crippen molar-refractivity contribution in [2.24, 2.45) is 0 Å². The lowest BCUT2D eigenvalue weighted by Crippen LogP contribution is -2.15. The van der Waals surface area contributed by atoms with Gasteiger partial charge in [-0.3, -0.25) is 4.79 Å². The molecular weight excluding hydrogens is 413 g/mol. The van der Waals surface area contributed by atoms with E-state index in [1.807, 2.05) is 46.3 Å².